The summed E-state index contributed by atoms with van der Waals surface area (Å²) < 4.78 is 0. The summed E-state index contributed by atoms with van der Waals surface area (Å²) in [5.41, 5.74) is 9.41. The van der Waals surface area contributed by atoms with Gasteiger partial charge in [0.25, 0.3) is 0 Å². The van der Waals surface area contributed by atoms with E-state index < -0.39 is 0 Å². The summed E-state index contributed by atoms with van der Waals surface area (Å²) in [6.07, 6.45) is 9.07. The van der Waals surface area contributed by atoms with Gasteiger partial charge in [0.05, 0.1) is 0 Å². The monoisotopic (exact) mass is 303 g/mol. The lowest BCUT2D eigenvalue weighted by Crippen LogP contribution is -2.04. The van der Waals surface area contributed by atoms with Crippen LogP contribution in [0.3, 0.4) is 0 Å². The van der Waals surface area contributed by atoms with Crippen LogP contribution in [-0.2, 0) is 0 Å². The number of anilines is 1. The van der Waals surface area contributed by atoms with E-state index in [4.69, 9.17) is 17.3 Å². The average molecular weight is 304 g/mol. The molecule has 0 spiro atoms. The van der Waals surface area contributed by atoms with E-state index in [1.54, 1.807) is 0 Å². The van der Waals surface area contributed by atoms with Gasteiger partial charge in [-0.05, 0) is 30.5 Å². The van der Waals surface area contributed by atoms with Gasteiger partial charge in [-0.15, -0.1) is 0 Å². The van der Waals surface area contributed by atoms with Gasteiger partial charge in [-0.3, -0.25) is 5.10 Å². The summed E-state index contributed by atoms with van der Waals surface area (Å²) in [7, 11) is 0. The summed E-state index contributed by atoms with van der Waals surface area (Å²) in [4.78, 5) is 0. The van der Waals surface area contributed by atoms with Crippen LogP contribution in [0, 0.1) is 0 Å². The highest BCUT2D eigenvalue weighted by molar-refractivity contribution is 6.30. The number of aromatic nitrogens is 2. The van der Waals surface area contributed by atoms with Crippen molar-refractivity contribution in [1.82, 2.24) is 10.2 Å². The molecule has 1 saturated carbocycles. The Morgan fingerprint density at radius 3 is 2.52 bits per heavy atom. The second-order valence-corrected chi connectivity index (χ2v) is 6.39. The van der Waals surface area contributed by atoms with Crippen molar-refractivity contribution in [2.24, 2.45) is 0 Å². The van der Waals surface area contributed by atoms with Crippen LogP contribution in [0.1, 0.15) is 56.6 Å². The minimum absolute atomic E-state index is 0.532. The summed E-state index contributed by atoms with van der Waals surface area (Å²) >= 11 is 6.13. The maximum Gasteiger partial charge on any atom is 0.153 e. The van der Waals surface area contributed by atoms with Crippen LogP contribution in [-0.4, -0.2) is 10.2 Å². The molecular weight excluding hydrogens is 282 g/mol. The Morgan fingerprint density at radius 1 is 1.10 bits per heavy atom. The smallest absolute Gasteiger partial charge is 0.153 e. The average Bonchev–Trinajstić information content (AvgIpc) is 2.80. The number of hydrogen-bond donors (Lipinski definition) is 2. The molecule has 1 fully saturated rings. The van der Waals surface area contributed by atoms with Crippen LogP contribution in [0.2, 0.25) is 5.02 Å². The predicted molar refractivity (Wildman–Crippen MR) is 88.5 cm³/mol. The van der Waals surface area contributed by atoms with Crippen LogP contribution in [0.15, 0.2) is 24.3 Å². The number of halogens is 1. The van der Waals surface area contributed by atoms with E-state index in [-0.39, 0.29) is 0 Å². The molecular formula is C17H22ClN3. The first-order chi connectivity index (χ1) is 10.3. The molecule has 1 aromatic carbocycles. The van der Waals surface area contributed by atoms with E-state index >= 15 is 0 Å². The quantitative estimate of drug-likeness (QED) is 0.807. The van der Waals surface area contributed by atoms with Gasteiger partial charge in [0, 0.05) is 22.2 Å². The molecule has 112 valence electrons. The fourth-order valence-electron chi connectivity index (χ4n) is 3.36. The Bertz CT molecular complexity index is 598. The third kappa shape index (κ3) is 3.24. The summed E-state index contributed by atoms with van der Waals surface area (Å²) in [6.45, 7) is 0. The largest absolute Gasteiger partial charge is 0.382 e. The maximum atomic E-state index is 6.13. The number of nitrogens with two attached hydrogens (primary N) is 1. The number of aromatic amines is 1. The highest BCUT2D eigenvalue weighted by Gasteiger charge is 2.22. The van der Waals surface area contributed by atoms with Crippen LogP contribution in [0.4, 0.5) is 5.82 Å². The van der Waals surface area contributed by atoms with Gasteiger partial charge in [-0.25, -0.2) is 0 Å². The van der Waals surface area contributed by atoms with Gasteiger partial charge in [0.2, 0.25) is 0 Å². The lowest BCUT2D eigenvalue weighted by atomic mass is 9.86. The first kappa shape index (κ1) is 14.5. The highest BCUT2D eigenvalue weighted by Crippen LogP contribution is 2.38. The molecule has 21 heavy (non-hydrogen) atoms. The SMILES string of the molecule is Nc1n[nH]c(C2CCCCCCC2)c1-c1cccc(Cl)c1. The van der Waals surface area contributed by atoms with Gasteiger partial charge < -0.3 is 5.73 Å². The lowest BCUT2D eigenvalue weighted by Gasteiger charge is -2.20. The summed E-state index contributed by atoms with van der Waals surface area (Å²) in [5, 5.41) is 8.19. The number of benzene rings is 1. The topological polar surface area (TPSA) is 54.7 Å². The molecule has 0 radical (unpaired) electrons. The van der Waals surface area contributed by atoms with Gasteiger partial charge >= 0.3 is 0 Å². The van der Waals surface area contributed by atoms with E-state index in [2.05, 4.69) is 16.3 Å². The second-order valence-electron chi connectivity index (χ2n) is 5.95. The van der Waals surface area contributed by atoms with E-state index in [9.17, 15) is 0 Å². The van der Waals surface area contributed by atoms with Crippen LogP contribution < -0.4 is 5.73 Å². The fraction of sp³-hybridized carbons (Fsp3) is 0.471. The Labute approximate surface area is 130 Å². The molecule has 2 aromatic rings. The molecule has 4 heteroatoms. The van der Waals surface area contributed by atoms with Crippen molar-refractivity contribution in [2.75, 3.05) is 5.73 Å². The number of rotatable bonds is 2. The molecule has 0 bridgehead atoms. The van der Waals surface area contributed by atoms with Crippen molar-refractivity contribution >= 4 is 17.4 Å². The number of H-pyrrole nitrogens is 1. The van der Waals surface area contributed by atoms with Crippen molar-refractivity contribution in [3.8, 4) is 11.1 Å². The molecule has 0 unspecified atom stereocenters. The standard InChI is InChI=1S/C17H22ClN3/c18-14-10-6-9-13(11-14)15-16(20-21-17(15)19)12-7-4-2-1-3-5-8-12/h6,9-12H,1-5,7-8H2,(H3,19,20,21). The second kappa shape index (κ2) is 6.52. The Morgan fingerprint density at radius 2 is 1.81 bits per heavy atom. The zero-order chi connectivity index (χ0) is 14.7. The molecule has 1 aliphatic rings. The number of nitrogens with one attached hydrogen (secondary N) is 1. The van der Waals surface area contributed by atoms with E-state index in [1.807, 2.05) is 18.2 Å². The summed E-state index contributed by atoms with van der Waals surface area (Å²) in [6, 6.07) is 7.87. The molecule has 1 aromatic heterocycles. The molecule has 3 N–H and O–H groups in total. The molecule has 0 aliphatic heterocycles. The van der Waals surface area contributed by atoms with Crippen LogP contribution in [0.25, 0.3) is 11.1 Å². The lowest BCUT2D eigenvalue weighted by molar-refractivity contribution is 0.449. The van der Waals surface area contributed by atoms with Gasteiger partial charge in [-0.2, -0.15) is 5.10 Å². The third-order valence-corrected chi connectivity index (χ3v) is 4.68. The third-order valence-electron chi connectivity index (χ3n) is 4.45. The summed E-state index contributed by atoms with van der Waals surface area (Å²) in [5.74, 6) is 1.11. The van der Waals surface area contributed by atoms with Crippen molar-refractivity contribution < 1.29 is 0 Å². The molecule has 3 nitrogen and oxygen atoms in total. The minimum atomic E-state index is 0.532. The Hall–Kier alpha value is -1.48. The molecule has 1 heterocycles. The van der Waals surface area contributed by atoms with Gasteiger partial charge in [-0.1, -0.05) is 55.8 Å². The molecule has 0 amide bonds. The first-order valence-corrected chi connectivity index (χ1v) is 8.23. The maximum absolute atomic E-state index is 6.13. The van der Waals surface area contributed by atoms with E-state index in [0.717, 1.165) is 16.1 Å². The zero-order valence-corrected chi connectivity index (χ0v) is 13.0. The normalized spacial score (nSPS) is 17.4. The molecule has 0 saturated heterocycles. The van der Waals surface area contributed by atoms with Gasteiger partial charge in [0.15, 0.2) is 5.82 Å². The van der Waals surface area contributed by atoms with Crippen molar-refractivity contribution in [3.05, 3.63) is 35.0 Å². The molecule has 0 atom stereocenters. The van der Waals surface area contributed by atoms with Crippen LogP contribution in [0.5, 0.6) is 0 Å². The fourth-order valence-corrected chi connectivity index (χ4v) is 3.55. The van der Waals surface area contributed by atoms with Crippen molar-refractivity contribution in [3.63, 3.8) is 0 Å². The molecule has 1 aliphatic carbocycles. The van der Waals surface area contributed by atoms with E-state index in [1.165, 1.54) is 50.6 Å². The zero-order valence-electron chi connectivity index (χ0n) is 12.2. The first-order valence-electron chi connectivity index (χ1n) is 7.85. The van der Waals surface area contributed by atoms with E-state index in [0.29, 0.717) is 11.7 Å². The minimum Gasteiger partial charge on any atom is -0.382 e. The number of hydrogen-bond acceptors (Lipinski definition) is 2. The number of nitrogen functional groups attached to an aromatic ring is 1. The van der Waals surface area contributed by atoms with Crippen LogP contribution >= 0.6 is 11.6 Å². The Balaban J connectivity index is 1.96. The van der Waals surface area contributed by atoms with Crippen molar-refractivity contribution in [2.45, 2.75) is 50.9 Å². The highest BCUT2D eigenvalue weighted by atomic mass is 35.5. The van der Waals surface area contributed by atoms with Crippen molar-refractivity contribution in [1.29, 1.82) is 0 Å². The molecule has 3 rings (SSSR count). The van der Waals surface area contributed by atoms with Gasteiger partial charge in [0.1, 0.15) is 0 Å². The predicted octanol–water partition coefficient (Wildman–Crippen LogP) is 5.14. The number of nitrogens with zero attached hydrogens (tertiary/aromatic N) is 1. The Kier molecular flexibility index (Phi) is 4.49.